The van der Waals surface area contributed by atoms with Gasteiger partial charge in [0.05, 0.1) is 0 Å². The molecule has 1 fully saturated rings. The second kappa shape index (κ2) is 5.51. The molecule has 0 aromatic carbocycles. The lowest BCUT2D eigenvalue weighted by Crippen LogP contribution is -2.48. The van der Waals surface area contributed by atoms with Gasteiger partial charge in [-0.05, 0) is 61.7 Å². The highest BCUT2D eigenvalue weighted by atomic mass is 32.1. The van der Waals surface area contributed by atoms with Gasteiger partial charge in [-0.3, -0.25) is 4.90 Å². The summed E-state index contributed by atoms with van der Waals surface area (Å²) in [6, 6.07) is 0. The summed E-state index contributed by atoms with van der Waals surface area (Å²) >= 11 is 1.82. The molecule has 0 saturated carbocycles. The van der Waals surface area contributed by atoms with Crippen molar-refractivity contribution in [3.63, 3.8) is 0 Å². The maximum Gasteiger partial charge on any atom is 0.0277 e. The van der Waals surface area contributed by atoms with E-state index in [0.29, 0.717) is 5.54 Å². The summed E-state index contributed by atoms with van der Waals surface area (Å²) in [5.41, 5.74) is 3.25. The van der Waals surface area contributed by atoms with Gasteiger partial charge in [0.1, 0.15) is 0 Å². The number of hydrogen-bond acceptors (Lipinski definition) is 3. The number of thiophene rings is 1. The molecule has 2 heterocycles. The minimum Gasteiger partial charge on any atom is -0.310 e. The topological polar surface area (TPSA) is 15.3 Å². The summed E-state index contributed by atoms with van der Waals surface area (Å²) in [6.07, 6.45) is 2.46. The zero-order valence-corrected chi connectivity index (χ0v) is 12.1. The fraction of sp³-hybridized carbons (Fsp3) is 0.714. The van der Waals surface area contributed by atoms with Crippen LogP contribution in [0, 0.1) is 6.92 Å². The van der Waals surface area contributed by atoms with Crippen molar-refractivity contribution in [2.45, 2.75) is 45.7 Å². The lowest BCUT2D eigenvalue weighted by molar-refractivity contribution is 0.208. The summed E-state index contributed by atoms with van der Waals surface area (Å²) in [5, 5.41) is 8.25. The molecular formula is C14H24N2S. The molecule has 1 saturated heterocycles. The van der Waals surface area contributed by atoms with Crippen LogP contribution in [0.2, 0.25) is 0 Å². The number of rotatable bonds is 3. The minimum absolute atomic E-state index is 0.292. The smallest absolute Gasteiger partial charge is 0.0277 e. The van der Waals surface area contributed by atoms with Gasteiger partial charge in [-0.1, -0.05) is 6.92 Å². The Morgan fingerprint density at radius 2 is 2.29 bits per heavy atom. The van der Waals surface area contributed by atoms with Crippen molar-refractivity contribution in [3.8, 4) is 0 Å². The summed E-state index contributed by atoms with van der Waals surface area (Å²) in [7, 11) is 0. The standard InChI is InChI=1S/C14H24N2S/c1-4-14(3)11-16(7-5-6-15-14)8-13-10-17-9-12(13)2/h9-10,15H,4-8,11H2,1-3H3. The molecule has 1 unspecified atom stereocenters. The number of aryl methyl sites for hydroxylation is 1. The van der Waals surface area contributed by atoms with Crippen LogP contribution in [0.5, 0.6) is 0 Å². The molecule has 0 bridgehead atoms. The third kappa shape index (κ3) is 3.30. The lowest BCUT2D eigenvalue weighted by atomic mass is 9.98. The second-order valence-corrected chi connectivity index (χ2v) is 6.23. The molecule has 1 aromatic rings. The molecule has 1 aliphatic rings. The van der Waals surface area contributed by atoms with Crippen molar-refractivity contribution in [3.05, 3.63) is 21.9 Å². The number of nitrogens with zero attached hydrogens (tertiary/aromatic N) is 1. The van der Waals surface area contributed by atoms with Crippen molar-refractivity contribution in [1.82, 2.24) is 10.2 Å². The SMILES string of the molecule is CCC1(C)CN(Cc2cscc2C)CCCN1. The van der Waals surface area contributed by atoms with E-state index in [1.54, 1.807) is 0 Å². The first-order chi connectivity index (χ1) is 8.13. The molecule has 1 N–H and O–H groups in total. The molecule has 1 aliphatic heterocycles. The van der Waals surface area contributed by atoms with Crippen LogP contribution in [0.25, 0.3) is 0 Å². The number of nitrogens with one attached hydrogen (secondary N) is 1. The Morgan fingerprint density at radius 3 is 2.94 bits per heavy atom. The lowest BCUT2D eigenvalue weighted by Gasteiger charge is -2.32. The quantitative estimate of drug-likeness (QED) is 0.889. The Kier molecular flexibility index (Phi) is 4.23. The maximum atomic E-state index is 3.69. The van der Waals surface area contributed by atoms with Crippen molar-refractivity contribution >= 4 is 11.3 Å². The minimum atomic E-state index is 0.292. The number of hydrogen-bond donors (Lipinski definition) is 1. The summed E-state index contributed by atoms with van der Waals surface area (Å²) in [4.78, 5) is 2.61. The van der Waals surface area contributed by atoms with Gasteiger partial charge in [-0.25, -0.2) is 0 Å². The average molecular weight is 252 g/mol. The molecule has 1 atom stereocenters. The van der Waals surface area contributed by atoms with E-state index in [-0.39, 0.29) is 0 Å². The van der Waals surface area contributed by atoms with Crippen LogP contribution in [0.4, 0.5) is 0 Å². The molecule has 2 rings (SSSR count). The van der Waals surface area contributed by atoms with E-state index in [9.17, 15) is 0 Å². The monoisotopic (exact) mass is 252 g/mol. The van der Waals surface area contributed by atoms with Crippen LogP contribution in [0.3, 0.4) is 0 Å². The van der Waals surface area contributed by atoms with E-state index in [2.05, 4.69) is 41.7 Å². The largest absolute Gasteiger partial charge is 0.310 e. The summed E-state index contributed by atoms with van der Waals surface area (Å²) in [5.74, 6) is 0. The van der Waals surface area contributed by atoms with Gasteiger partial charge in [-0.2, -0.15) is 11.3 Å². The normalized spacial score (nSPS) is 27.0. The molecule has 17 heavy (non-hydrogen) atoms. The van der Waals surface area contributed by atoms with E-state index in [1.807, 2.05) is 11.3 Å². The van der Waals surface area contributed by atoms with Gasteiger partial charge in [-0.15, -0.1) is 0 Å². The zero-order valence-electron chi connectivity index (χ0n) is 11.3. The van der Waals surface area contributed by atoms with Crippen LogP contribution in [-0.4, -0.2) is 30.1 Å². The van der Waals surface area contributed by atoms with Gasteiger partial charge in [0.15, 0.2) is 0 Å². The van der Waals surface area contributed by atoms with Gasteiger partial charge in [0, 0.05) is 18.6 Å². The molecule has 0 aliphatic carbocycles. The highest BCUT2D eigenvalue weighted by Gasteiger charge is 2.27. The molecule has 1 aromatic heterocycles. The van der Waals surface area contributed by atoms with Crippen molar-refractivity contribution in [1.29, 1.82) is 0 Å². The Balaban J connectivity index is 2.02. The molecule has 0 radical (unpaired) electrons. The highest BCUT2D eigenvalue weighted by molar-refractivity contribution is 7.08. The Labute approximate surface area is 109 Å². The van der Waals surface area contributed by atoms with E-state index < -0.39 is 0 Å². The van der Waals surface area contributed by atoms with Crippen LogP contribution < -0.4 is 5.32 Å². The third-order valence-electron chi connectivity index (χ3n) is 3.91. The predicted octanol–water partition coefficient (Wildman–Crippen LogP) is 3.02. The summed E-state index contributed by atoms with van der Waals surface area (Å²) in [6.45, 7) is 11.5. The zero-order chi connectivity index (χ0) is 12.3. The van der Waals surface area contributed by atoms with Crippen molar-refractivity contribution in [2.24, 2.45) is 0 Å². The van der Waals surface area contributed by atoms with Crippen LogP contribution in [0.15, 0.2) is 10.8 Å². The van der Waals surface area contributed by atoms with E-state index in [4.69, 9.17) is 0 Å². The average Bonchev–Trinajstić information content (AvgIpc) is 2.60. The van der Waals surface area contributed by atoms with Crippen molar-refractivity contribution < 1.29 is 0 Å². The maximum absolute atomic E-state index is 3.69. The third-order valence-corrected chi connectivity index (χ3v) is 4.82. The van der Waals surface area contributed by atoms with Gasteiger partial charge in [0.25, 0.3) is 0 Å². The highest BCUT2D eigenvalue weighted by Crippen LogP contribution is 2.20. The second-order valence-electron chi connectivity index (χ2n) is 5.49. The van der Waals surface area contributed by atoms with Crippen LogP contribution in [0.1, 0.15) is 37.8 Å². The molecule has 0 amide bonds. The van der Waals surface area contributed by atoms with Crippen molar-refractivity contribution in [2.75, 3.05) is 19.6 Å². The molecule has 96 valence electrons. The van der Waals surface area contributed by atoms with Gasteiger partial charge >= 0.3 is 0 Å². The van der Waals surface area contributed by atoms with E-state index in [1.165, 1.54) is 37.1 Å². The molecule has 3 heteroatoms. The Bertz CT molecular complexity index is 361. The first-order valence-corrected chi connectivity index (χ1v) is 7.56. The molecular weight excluding hydrogens is 228 g/mol. The van der Waals surface area contributed by atoms with E-state index >= 15 is 0 Å². The van der Waals surface area contributed by atoms with Gasteiger partial charge in [0.2, 0.25) is 0 Å². The molecule has 2 nitrogen and oxygen atoms in total. The fourth-order valence-electron chi connectivity index (χ4n) is 2.48. The van der Waals surface area contributed by atoms with Crippen LogP contribution >= 0.6 is 11.3 Å². The fourth-order valence-corrected chi connectivity index (χ4v) is 3.33. The van der Waals surface area contributed by atoms with E-state index in [0.717, 1.165) is 13.1 Å². The Morgan fingerprint density at radius 1 is 1.47 bits per heavy atom. The summed E-state index contributed by atoms with van der Waals surface area (Å²) < 4.78 is 0. The van der Waals surface area contributed by atoms with Crippen LogP contribution in [-0.2, 0) is 6.54 Å². The Hall–Kier alpha value is -0.380. The molecule has 0 spiro atoms. The predicted molar refractivity (Wildman–Crippen MR) is 75.6 cm³/mol. The first kappa shape index (κ1) is 13.1. The first-order valence-electron chi connectivity index (χ1n) is 6.62. The van der Waals surface area contributed by atoms with Gasteiger partial charge < -0.3 is 5.32 Å².